The first-order valence-corrected chi connectivity index (χ1v) is 7.27. The highest BCUT2D eigenvalue weighted by molar-refractivity contribution is 6.00. The summed E-state index contributed by atoms with van der Waals surface area (Å²) in [6.45, 7) is 2.48. The minimum atomic E-state index is -0.0242. The summed E-state index contributed by atoms with van der Waals surface area (Å²) in [4.78, 5) is 25.9. The molecule has 112 valence electrons. The van der Waals surface area contributed by atoms with Gasteiger partial charge < -0.3 is 9.64 Å². The normalized spacial score (nSPS) is 13.2. The number of benzene rings is 2. The lowest BCUT2D eigenvalue weighted by atomic mass is 10.1. The average molecular weight is 295 g/mol. The first-order valence-electron chi connectivity index (χ1n) is 7.27. The molecular weight excluding hydrogens is 278 g/mol. The van der Waals surface area contributed by atoms with Crippen LogP contribution in [0, 0.1) is 0 Å². The largest absolute Gasteiger partial charge is 0.490 e. The third-order valence-corrected chi connectivity index (χ3v) is 3.73. The number of amides is 1. The Morgan fingerprint density at radius 1 is 1.14 bits per heavy atom. The molecule has 4 heteroatoms. The van der Waals surface area contributed by atoms with Crippen LogP contribution >= 0.6 is 0 Å². The van der Waals surface area contributed by atoms with Crippen molar-refractivity contribution in [3.63, 3.8) is 0 Å². The van der Waals surface area contributed by atoms with Gasteiger partial charge in [-0.05, 0) is 30.7 Å². The molecule has 1 amide bonds. The highest BCUT2D eigenvalue weighted by Crippen LogP contribution is 2.33. The molecule has 3 rings (SSSR count). The van der Waals surface area contributed by atoms with Gasteiger partial charge in [0.15, 0.2) is 5.78 Å². The summed E-state index contributed by atoms with van der Waals surface area (Å²) in [7, 11) is 0. The van der Waals surface area contributed by atoms with E-state index >= 15 is 0 Å². The third-order valence-electron chi connectivity index (χ3n) is 3.73. The first kappa shape index (κ1) is 14.3. The van der Waals surface area contributed by atoms with Gasteiger partial charge in [0.1, 0.15) is 12.4 Å². The van der Waals surface area contributed by atoms with Gasteiger partial charge in [0.25, 0.3) is 0 Å². The number of nitrogens with zero attached hydrogens (tertiary/aromatic N) is 1. The Morgan fingerprint density at radius 2 is 1.91 bits per heavy atom. The minimum Gasteiger partial charge on any atom is -0.490 e. The smallest absolute Gasteiger partial charge is 0.231 e. The maximum absolute atomic E-state index is 12.6. The molecule has 0 spiro atoms. The minimum absolute atomic E-state index is 0.0106. The van der Waals surface area contributed by atoms with Crippen LogP contribution < -0.4 is 9.64 Å². The Labute approximate surface area is 129 Å². The van der Waals surface area contributed by atoms with Crippen molar-refractivity contribution < 1.29 is 14.3 Å². The van der Waals surface area contributed by atoms with Crippen LogP contribution in [-0.4, -0.2) is 24.8 Å². The number of carbonyl (C=O) groups is 2. The van der Waals surface area contributed by atoms with Crippen molar-refractivity contribution in [1.29, 1.82) is 0 Å². The molecule has 1 aliphatic heterocycles. The number of hydrogen-bond donors (Lipinski definition) is 0. The van der Waals surface area contributed by atoms with Crippen LogP contribution in [0.2, 0.25) is 0 Å². The Morgan fingerprint density at radius 3 is 2.64 bits per heavy atom. The highest BCUT2D eigenvalue weighted by atomic mass is 16.5. The standard InChI is InChI=1S/C18H17NO3/c1-13(20)15-7-8-17-16(12-15)19(9-10-22-17)18(21)11-14-5-3-2-4-6-14/h2-8,12H,9-11H2,1H3. The van der Waals surface area contributed by atoms with Gasteiger partial charge in [0, 0.05) is 5.56 Å². The number of hydrogen-bond acceptors (Lipinski definition) is 3. The van der Waals surface area contributed by atoms with Crippen LogP contribution in [0.25, 0.3) is 0 Å². The maximum atomic E-state index is 12.6. The molecule has 0 fully saturated rings. The number of carbonyl (C=O) groups excluding carboxylic acids is 2. The summed E-state index contributed by atoms with van der Waals surface area (Å²) in [6, 6.07) is 14.9. The van der Waals surface area contributed by atoms with Crippen molar-refractivity contribution in [2.45, 2.75) is 13.3 Å². The van der Waals surface area contributed by atoms with Crippen molar-refractivity contribution >= 4 is 17.4 Å². The SMILES string of the molecule is CC(=O)c1ccc2c(c1)N(C(=O)Cc1ccccc1)CCO2. The van der Waals surface area contributed by atoms with Gasteiger partial charge in [0.05, 0.1) is 18.7 Å². The topological polar surface area (TPSA) is 46.6 Å². The number of fused-ring (bicyclic) bond motifs is 1. The second kappa shape index (κ2) is 6.02. The molecule has 0 radical (unpaired) electrons. The molecule has 1 aliphatic rings. The molecule has 0 aliphatic carbocycles. The maximum Gasteiger partial charge on any atom is 0.231 e. The molecule has 22 heavy (non-hydrogen) atoms. The number of ether oxygens (including phenoxy) is 1. The Hall–Kier alpha value is -2.62. The zero-order chi connectivity index (χ0) is 15.5. The lowest BCUT2D eigenvalue weighted by Crippen LogP contribution is -2.39. The van der Waals surface area contributed by atoms with E-state index in [1.807, 2.05) is 30.3 Å². The van der Waals surface area contributed by atoms with Crippen LogP contribution in [0.15, 0.2) is 48.5 Å². The number of anilines is 1. The van der Waals surface area contributed by atoms with Gasteiger partial charge in [-0.15, -0.1) is 0 Å². The molecular formula is C18H17NO3. The fraction of sp³-hybridized carbons (Fsp3) is 0.222. The monoisotopic (exact) mass is 295 g/mol. The van der Waals surface area contributed by atoms with E-state index in [1.54, 1.807) is 23.1 Å². The zero-order valence-electron chi connectivity index (χ0n) is 12.4. The molecule has 0 unspecified atom stereocenters. The van der Waals surface area contributed by atoms with E-state index in [-0.39, 0.29) is 11.7 Å². The second-order valence-corrected chi connectivity index (χ2v) is 5.29. The summed E-state index contributed by atoms with van der Waals surface area (Å²) in [5.41, 5.74) is 2.24. The van der Waals surface area contributed by atoms with Gasteiger partial charge in [-0.3, -0.25) is 9.59 Å². The van der Waals surface area contributed by atoms with Crippen LogP contribution in [0.5, 0.6) is 5.75 Å². The fourth-order valence-electron chi connectivity index (χ4n) is 2.56. The van der Waals surface area contributed by atoms with Crippen molar-refractivity contribution in [3.8, 4) is 5.75 Å². The first-order chi connectivity index (χ1) is 10.6. The number of ketones is 1. The highest BCUT2D eigenvalue weighted by Gasteiger charge is 2.24. The van der Waals surface area contributed by atoms with Crippen LogP contribution in [-0.2, 0) is 11.2 Å². The molecule has 1 heterocycles. The Balaban J connectivity index is 1.88. The summed E-state index contributed by atoms with van der Waals surface area (Å²) in [5.74, 6) is 0.637. The molecule has 0 aromatic heterocycles. The second-order valence-electron chi connectivity index (χ2n) is 5.29. The molecule has 0 saturated carbocycles. The van der Waals surface area contributed by atoms with E-state index in [9.17, 15) is 9.59 Å². The Bertz CT molecular complexity index is 710. The number of rotatable bonds is 3. The van der Waals surface area contributed by atoms with Crippen LogP contribution in [0.1, 0.15) is 22.8 Å². The Kier molecular flexibility index (Phi) is 3.92. The predicted octanol–water partition coefficient (Wildman–Crippen LogP) is 2.86. The van der Waals surface area contributed by atoms with E-state index in [4.69, 9.17) is 4.74 Å². The lowest BCUT2D eigenvalue weighted by Gasteiger charge is -2.30. The van der Waals surface area contributed by atoms with E-state index in [0.29, 0.717) is 36.6 Å². The molecule has 2 aromatic rings. The lowest BCUT2D eigenvalue weighted by molar-refractivity contribution is -0.118. The summed E-state index contributed by atoms with van der Waals surface area (Å²) < 4.78 is 5.58. The molecule has 0 atom stereocenters. The molecule has 0 N–H and O–H groups in total. The number of Topliss-reactive ketones (excluding diaryl/α,β-unsaturated/α-hetero) is 1. The van der Waals surface area contributed by atoms with Gasteiger partial charge in [-0.1, -0.05) is 30.3 Å². The van der Waals surface area contributed by atoms with Crippen LogP contribution in [0.3, 0.4) is 0 Å². The van der Waals surface area contributed by atoms with Crippen molar-refractivity contribution in [2.75, 3.05) is 18.1 Å². The van der Waals surface area contributed by atoms with E-state index in [1.165, 1.54) is 6.92 Å². The fourth-order valence-corrected chi connectivity index (χ4v) is 2.56. The van der Waals surface area contributed by atoms with Crippen LogP contribution in [0.4, 0.5) is 5.69 Å². The third kappa shape index (κ3) is 2.86. The van der Waals surface area contributed by atoms with E-state index in [0.717, 1.165) is 5.56 Å². The van der Waals surface area contributed by atoms with Crippen molar-refractivity contribution in [2.24, 2.45) is 0 Å². The molecule has 4 nitrogen and oxygen atoms in total. The molecule has 0 saturated heterocycles. The average Bonchev–Trinajstić information content (AvgIpc) is 2.54. The van der Waals surface area contributed by atoms with Crippen molar-refractivity contribution in [3.05, 3.63) is 59.7 Å². The van der Waals surface area contributed by atoms with E-state index < -0.39 is 0 Å². The summed E-state index contributed by atoms with van der Waals surface area (Å²) in [5, 5.41) is 0. The zero-order valence-corrected chi connectivity index (χ0v) is 12.4. The van der Waals surface area contributed by atoms with E-state index in [2.05, 4.69) is 0 Å². The quantitative estimate of drug-likeness (QED) is 0.818. The molecule has 0 bridgehead atoms. The van der Waals surface area contributed by atoms with Gasteiger partial charge in [-0.25, -0.2) is 0 Å². The van der Waals surface area contributed by atoms with Gasteiger partial charge >= 0.3 is 0 Å². The van der Waals surface area contributed by atoms with Gasteiger partial charge in [-0.2, -0.15) is 0 Å². The molecule has 2 aromatic carbocycles. The van der Waals surface area contributed by atoms with Crippen molar-refractivity contribution in [1.82, 2.24) is 0 Å². The van der Waals surface area contributed by atoms with Gasteiger partial charge in [0.2, 0.25) is 5.91 Å². The predicted molar refractivity (Wildman–Crippen MR) is 84.4 cm³/mol. The summed E-state index contributed by atoms with van der Waals surface area (Å²) >= 11 is 0. The summed E-state index contributed by atoms with van der Waals surface area (Å²) in [6.07, 6.45) is 0.338.